The summed E-state index contributed by atoms with van der Waals surface area (Å²) < 4.78 is 40.9. The Morgan fingerprint density at radius 3 is 2.56 bits per heavy atom. The van der Waals surface area contributed by atoms with E-state index in [1.165, 1.54) is 4.57 Å². The third-order valence-corrected chi connectivity index (χ3v) is 2.70. The van der Waals surface area contributed by atoms with Crippen molar-refractivity contribution in [2.24, 2.45) is 0 Å². The molecule has 0 aliphatic carbocycles. The first-order valence-electron chi connectivity index (χ1n) is 5.25. The summed E-state index contributed by atoms with van der Waals surface area (Å²) in [4.78, 5) is 3.31. The number of rotatable bonds is 1. The fraction of sp³-hybridized carbons (Fsp3) is 0. The second-order valence-corrected chi connectivity index (χ2v) is 3.81. The van der Waals surface area contributed by atoms with E-state index in [9.17, 15) is 13.2 Å². The van der Waals surface area contributed by atoms with Crippen LogP contribution in [-0.2, 0) is 0 Å². The summed E-state index contributed by atoms with van der Waals surface area (Å²) in [5.41, 5.74) is 0.676. The smallest absolute Gasteiger partial charge is 0.251 e. The Bertz CT molecular complexity index is 734. The van der Waals surface area contributed by atoms with Gasteiger partial charge in [-0.2, -0.15) is 9.37 Å². The van der Waals surface area contributed by atoms with E-state index in [4.69, 9.17) is 0 Å². The van der Waals surface area contributed by atoms with Crippen LogP contribution < -0.4 is 0 Å². The Labute approximate surface area is 100 Å². The molecule has 0 aliphatic rings. The van der Waals surface area contributed by atoms with Crippen molar-refractivity contribution >= 4 is 10.9 Å². The molecular weight excluding hydrogens is 241 g/mol. The highest BCUT2D eigenvalue weighted by atomic mass is 19.2. The van der Waals surface area contributed by atoms with Crippen LogP contribution in [0.1, 0.15) is 0 Å². The lowest BCUT2D eigenvalue weighted by atomic mass is 10.2. The number of para-hydroxylation sites is 1. The summed E-state index contributed by atoms with van der Waals surface area (Å²) >= 11 is 0. The maximum atomic E-state index is 13.6. The molecule has 0 N–H and O–H groups in total. The molecule has 5 heteroatoms. The van der Waals surface area contributed by atoms with E-state index < -0.39 is 17.6 Å². The molecule has 2 aromatic heterocycles. The molecule has 0 fully saturated rings. The minimum atomic E-state index is -1.32. The summed E-state index contributed by atoms with van der Waals surface area (Å²) in [5, 5.41) is 0.864. The Balaban J connectivity index is 2.29. The molecule has 3 aromatic rings. The van der Waals surface area contributed by atoms with E-state index in [1.807, 2.05) is 12.1 Å². The molecule has 0 aliphatic heterocycles. The maximum Gasteiger partial charge on any atom is 0.251 e. The molecule has 18 heavy (non-hydrogen) atoms. The van der Waals surface area contributed by atoms with Gasteiger partial charge in [0.25, 0.3) is 5.95 Å². The topological polar surface area (TPSA) is 17.8 Å². The molecule has 0 amide bonds. The Morgan fingerprint density at radius 1 is 0.944 bits per heavy atom. The van der Waals surface area contributed by atoms with E-state index >= 15 is 0 Å². The second kappa shape index (κ2) is 3.87. The highest BCUT2D eigenvalue weighted by Gasteiger charge is 2.14. The molecule has 0 bridgehead atoms. The number of nitrogens with zero attached hydrogens (tertiary/aromatic N) is 2. The first-order valence-corrected chi connectivity index (χ1v) is 5.25. The number of pyridine rings is 1. The van der Waals surface area contributed by atoms with E-state index in [1.54, 1.807) is 24.4 Å². The van der Waals surface area contributed by atoms with Crippen LogP contribution in [-0.4, -0.2) is 9.55 Å². The molecule has 0 radical (unpaired) electrons. The van der Waals surface area contributed by atoms with Crippen molar-refractivity contribution in [1.82, 2.24) is 9.55 Å². The molecule has 0 spiro atoms. The maximum absolute atomic E-state index is 13.6. The van der Waals surface area contributed by atoms with Crippen molar-refractivity contribution in [2.45, 2.75) is 0 Å². The van der Waals surface area contributed by atoms with E-state index in [0.29, 0.717) is 11.6 Å². The van der Waals surface area contributed by atoms with E-state index in [-0.39, 0.29) is 5.82 Å². The van der Waals surface area contributed by atoms with Gasteiger partial charge in [0, 0.05) is 12.3 Å². The summed E-state index contributed by atoms with van der Waals surface area (Å²) in [5.74, 6) is -3.78. The molecule has 2 heterocycles. The van der Waals surface area contributed by atoms with Crippen molar-refractivity contribution in [2.75, 3.05) is 0 Å². The number of halogens is 3. The van der Waals surface area contributed by atoms with Crippen molar-refractivity contribution in [3.63, 3.8) is 0 Å². The largest absolute Gasteiger partial charge is 0.299 e. The van der Waals surface area contributed by atoms with Crippen LogP contribution in [0.5, 0.6) is 0 Å². The first kappa shape index (κ1) is 10.8. The van der Waals surface area contributed by atoms with Gasteiger partial charge in [-0.15, -0.1) is 0 Å². The van der Waals surface area contributed by atoms with Gasteiger partial charge in [-0.05, 0) is 17.5 Å². The molecular formula is C13H7F3N2. The van der Waals surface area contributed by atoms with Gasteiger partial charge in [0.15, 0.2) is 17.5 Å². The standard InChI is InChI=1S/C13H7F3N2/c14-9-7-10(15)13(17-12(9)16)18-6-5-8-3-1-2-4-11(8)18/h1-7H. The molecule has 0 atom stereocenters. The van der Waals surface area contributed by atoms with Crippen LogP contribution in [0.15, 0.2) is 42.6 Å². The molecule has 0 saturated heterocycles. The van der Waals surface area contributed by atoms with Crippen LogP contribution in [0.3, 0.4) is 0 Å². The average molecular weight is 248 g/mol. The highest BCUT2D eigenvalue weighted by molar-refractivity contribution is 5.81. The predicted octanol–water partition coefficient (Wildman–Crippen LogP) is 3.44. The molecule has 2 nitrogen and oxygen atoms in total. The van der Waals surface area contributed by atoms with Gasteiger partial charge in [0.2, 0.25) is 0 Å². The van der Waals surface area contributed by atoms with Gasteiger partial charge in [0.05, 0.1) is 5.52 Å². The molecule has 0 saturated carbocycles. The monoisotopic (exact) mass is 248 g/mol. The van der Waals surface area contributed by atoms with Crippen LogP contribution in [0, 0.1) is 17.6 Å². The van der Waals surface area contributed by atoms with Gasteiger partial charge < -0.3 is 0 Å². The number of aromatic nitrogens is 2. The Hall–Kier alpha value is -2.30. The minimum absolute atomic E-state index is 0.255. The fourth-order valence-corrected chi connectivity index (χ4v) is 1.87. The van der Waals surface area contributed by atoms with Crippen molar-refractivity contribution < 1.29 is 13.2 Å². The average Bonchev–Trinajstić information content (AvgIpc) is 2.78. The summed E-state index contributed by atoms with van der Waals surface area (Å²) in [6.07, 6.45) is 1.56. The summed E-state index contributed by atoms with van der Waals surface area (Å²) in [6.45, 7) is 0. The quantitative estimate of drug-likeness (QED) is 0.603. The minimum Gasteiger partial charge on any atom is -0.299 e. The van der Waals surface area contributed by atoms with Crippen molar-refractivity contribution in [3.05, 3.63) is 60.2 Å². The van der Waals surface area contributed by atoms with Crippen LogP contribution in [0.4, 0.5) is 13.2 Å². The Morgan fingerprint density at radius 2 is 1.72 bits per heavy atom. The number of fused-ring (bicyclic) bond motifs is 1. The summed E-state index contributed by atoms with van der Waals surface area (Å²) in [6, 6.07) is 9.43. The number of hydrogen-bond acceptors (Lipinski definition) is 1. The fourth-order valence-electron chi connectivity index (χ4n) is 1.87. The van der Waals surface area contributed by atoms with Gasteiger partial charge in [0.1, 0.15) is 0 Å². The lowest BCUT2D eigenvalue weighted by Gasteiger charge is -2.06. The third-order valence-electron chi connectivity index (χ3n) is 2.70. The number of benzene rings is 1. The van der Waals surface area contributed by atoms with Crippen LogP contribution in [0.25, 0.3) is 16.7 Å². The second-order valence-electron chi connectivity index (χ2n) is 3.81. The van der Waals surface area contributed by atoms with Gasteiger partial charge in [-0.25, -0.2) is 8.78 Å². The zero-order valence-electron chi connectivity index (χ0n) is 9.07. The van der Waals surface area contributed by atoms with Crippen LogP contribution >= 0.6 is 0 Å². The highest BCUT2D eigenvalue weighted by Crippen LogP contribution is 2.21. The molecule has 1 aromatic carbocycles. The molecule has 90 valence electrons. The van der Waals surface area contributed by atoms with Crippen LogP contribution in [0.2, 0.25) is 0 Å². The van der Waals surface area contributed by atoms with E-state index in [0.717, 1.165) is 5.39 Å². The SMILES string of the molecule is Fc1cc(F)c(-n2ccc3ccccc32)nc1F. The molecule has 3 rings (SSSR count). The molecule has 0 unspecified atom stereocenters. The lowest BCUT2D eigenvalue weighted by molar-refractivity contribution is 0.461. The lowest BCUT2D eigenvalue weighted by Crippen LogP contribution is -2.03. The third kappa shape index (κ3) is 1.55. The van der Waals surface area contributed by atoms with Gasteiger partial charge >= 0.3 is 0 Å². The van der Waals surface area contributed by atoms with Gasteiger partial charge in [-0.1, -0.05) is 18.2 Å². The Kier molecular flexibility index (Phi) is 2.33. The number of hydrogen-bond donors (Lipinski definition) is 0. The zero-order valence-corrected chi connectivity index (χ0v) is 9.07. The predicted molar refractivity (Wildman–Crippen MR) is 60.9 cm³/mol. The van der Waals surface area contributed by atoms with Crippen molar-refractivity contribution in [3.8, 4) is 5.82 Å². The first-order chi connectivity index (χ1) is 8.66. The van der Waals surface area contributed by atoms with Crippen molar-refractivity contribution in [1.29, 1.82) is 0 Å². The zero-order chi connectivity index (χ0) is 12.7. The van der Waals surface area contributed by atoms with Gasteiger partial charge in [-0.3, -0.25) is 4.57 Å². The summed E-state index contributed by atoms with van der Waals surface area (Å²) in [7, 11) is 0. The normalized spacial score (nSPS) is 11.1. The van der Waals surface area contributed by atoms with E-state index in [2.05, 4.69) is 4.98 Å².